The number of carbonyl (C=O) groups is 1. The van der Waals surface area contributed by atoms with Gasteiger partial charge in [-0.15, -0.1) is 5.10 Å². The summed E-state index contributed by atoms with van der Waals surface area (Å²) in [5, 5.41) is 8.95. The monoisotopic (exact) mass is 367 g/mol. The number of benzene rings is 2. The minimum absolute atomic E-state index is 0.0597. The summed E-state index contributed by atoms with van der Waals surface area (Å²) in [7, 11) is 1.62. The highest BCUT2D eigenvalue weighted by atomic mass is 32.2. The molecular weight excluding hydrogens is 346 g/mol. The second-order valence-corrected chi connectivity index (χ2v) is 7.29. The van der Waals surface area contributed by atoms with Crippen LogP contribution >= 0.6 is 11.8 Å². The molecule has 2 aromatic carbocycles. The maximum absolute atomic E-state index is 12.5. The van der Waals surface area contributed by atoms with Gasteiger partial charge < -0.3 is 4.74 Å². The van der Waals surface area contributed by atoms with Gasteiger partial charge in [-0.25, -0.2) is 0 Å². The Morgan fingerprint density at radius 1 is 1.19 bits per heavy atom. The van der Waals surface area contributed by atoms with Crippen LogP contribution < -0.4 is 4.74 Å². The van der Waals surface area contributed by atoms with E-state index in [-0.39, 0.29) is 11.2 Å². The lowest BCUT2D eigenvalue weighted by molar-refractivity contribution is -0.126. The Balaban J connectivity index is 1.82. The van der Waals surface area contributed by atoms with Crippen molar-refractivity contribution in [3.8, 4) is 5.75 Å². The van der Waals surface area contributed by atoms with Gasteiger partial charge in [0, 0.05) is 5.56 Å². The number of hydrogen-bond acceptors (Lipinski definition) is 5. The van der Waals surface area contributed by atoms with Gasteiger partial charge in [0.2, 0.25) is 5.91 Å². The van der Waals surface area contributed by atoms with Crippen molar-refractivity contribution in [1.82, 2.24) is 4.90 Å². The number of amidine groups is 1. The highest BCUT2D eigenvalue weighted by molar-refractivity contribution is 8.15. The molecule has 6 heteroatoms. The Morgan fingerprint density at radius 2 is 1.92 bits per heavy atom. The highest BCUT2D eigenvalue weighted by Gasteiger charge is 2.35. The molecule has 0 aromatic heterocycles. The summed E-state index contributed by atoms with van der Waals surface area (Å²) in [6, 6.07) is 15.6. The van der Waals surface area contributed by atoms with Crippen molar-refractivity contribution in [3.63, 3.8) is 0 Å². The zero-order valence-electron chi connectivity index (χ0n) is 15.0. The number of methoxy groups -OCH3 is 1. The number of ether oxygens (including phenoxy) is 1. The summed E-state index contributed by atoms with van der Waals surface area (Å²) in [5.41, 5.74) is 3.10. The molecule has 0 spiro atoms. The predicted molar refractivity (Wildman–Crippen MR) is 107 cm³/mol. The topological polar surface area (TPSA) is 54.3 Å². The average molecular weight is 367 g/mol. The third-order valence-corrected chi connectivity index (χ3v) is 5.26. The molecule has 2 aromatic rings. The van der Waals surface area contributed by atoms with Crippen molar-refractivity contribution < 1.29 is 9.53 Å². The van der Waals surface area contributed by atoms with Crippen molar-refractivity contribution in [2.24, 2.45) is 10.2 Å². The van der Waals surface area contributed by atoms with E-state index >= 15 is 0 Å². The molecule has 0 saturated carbocycles. The third-order valence-electron chi connectivity index (χ3n) is 4.20. The molecule has 26 heavy (non-hydrogen) atoms. The molecule has 0 bridgehead atoms. The molecule has 0 aliphatic carbocycles. The summed E-state index contributed by atoms with van der Waals surface area (Å²) in [6.07, 6.45) is 1.64. The third kappa shape index (κ3) is 3.96. The van der Waals surface area contributed by atoms with Gasteiger partial charge in [-0.1, -0.05) is 48.2 Å². The molecule has 134 valence electrons. The molecule has 0 N–H and O–H groups in total. The number of rotatable bonds is 5. The molecule has 1 amide bonds. The molecule has 5 nitrogen and oxygen atoms in total. The van der Waals surface area contributed by atoms with Crippen LogP contribution in [0.5, 0.6) is 5.75 Å². The summed E-state index contributed by atoms with van der Waals surface area (Å²) in [6.45, 7) is 4.44. The van der Waals surface area contributed by atoms with Crippen LogP contribution in [-0.4, -0.2) is 34.5 Å². The van der Waals surface area contributed by atoms with Gasteiger partial charge in [0.15, 0.2) is 5.17 Å². The second-order valence-electron chi connectivity index (χ2n) is 5.98. The SMILES string of the molecule is COc1ccccc1/C=N\N=C1\S[C@@H](C)C(=O)N1Cc1ccccc1C. The van der Waals surface area contributed by atoms with Gasteiger partial charge in [0.1, 0.15) is 5.75 Å². The molecule has 0 radical (unpaired) electrons. The summed E-state index contributed by atoms with van der Waals surface area (Å²) in [5.74, 6) is 0.793. The van der Waals surface area contributed by atoms with E-state index in [9.17, 15) is 4.79 Å². The van der Waals surface area contributed by atoms with Gasteiger partial charge in [-0.05, 0) is 37.1 Å². The first kappa shape index (κ1) is 18.2. The molecule has 1 saturated heterocycles. The summed E-state index contributed by atoms with van der Waals surface area (Å²) in [4.78, 5) is 14.2. The fourth-order valence-corrected chi connectivity index (χ4v) is 3.60. The van der Waals surface area contributed by atoms with E-state index in [2.05, 4.69) is 10.2 Å². The van der Waals surface area contributed by atoms with E-state index in [0.717, 1.165) is 22.4 Å². The maximum Gasteiger partial charge on any atom is 0.242 e. The first-order valence-electron chi connectivity index (χ1n) is 8.36. The van der Waals surface area contributed by atoms with Crippen LogP contribution in [-0.2, 0) is 11.3 Å². The molecule has 1 heterocycles. The Labute approximate surface area is 157 Å². The smallest absolute Gasteiger partial charge is 0.242 e. The van der Waals surface area contributed by atoms with Crippen LogP contribution in [0.25, 0.3) is 0 Å². The summed E-state index contributed by atoms with van der Waals surface area (Å²) >= 11 is 1.43. The minimum atomic E-state index is -0.153. The fourth-order valence-electron chi connectivity index (χ4n) is 2.68. The van der Waals surface area contributed by atoms with E-state index in [4.69, 9.17) is 4.74 Å². The number of aryl methyl sites for hydroxylation is 1. The first-order valence-corrected chi connectivity index (χ1v) is 9.24. The highest BCUT2D eigenvalue weighted by Crippen LogP contribution is 2.29. The average Bonchev–Trinajstić information content (AvgIpc) is 2.91. The van der Waals surface area contributed by atoms with Crippen molar-refractivity contribution >= 4 is 29.1 Å². The van der Waals surface area contributed by atoms with Gasteiger partial charge in [0.05, 0.1) is 25.1 Å². The zero-order chi connectivity index (χ0) is 18.5. The predicted octanol–water partition coefficient (Wildman–Crippen LogP) is 3.86. The van der Waals surface area contributed by atoms with Gasteiger partial charge in [0.25, 0.3) is 0 Å². The standard InChI is InChI=1S/C20H21N3O2S/c1-14-8-4-5-10-17(14)13-23-19(24)15(2)26-20(23)22-21-12-16-9-6-7-11-18(16)25-3/h4-12,15H,13H2,1-3H3/b21-12-,22-20+/t15-/m0/s1. The second kappa shape index (κ2) is 8.19. The van der Waals surface area contributed by atoms with Gasteiger partial charge in [-0.2, -0.15) is 5.10 Å². The van der Waals surface area contributed by atoms with Crippen LogP contribution in [0.2, 0.25) is 0 Å². The van der Waals surface area contributed by atoms with Crippen molar-refractivity contribution in [3.05, 3.63) is 65.2 Å². The quantitative estimate of drug-likeness (QED) is 0.596. The maximum atomic E-state index is 12.5. The Hall–Kier alpha value is -2.60. The lowest BCUT2D eigenvalue weighted by atomic mass is 10.1. The zero-order valence-corrected chi connectivity index (χ0v) is 15.9. The van der Waals surface area contributed by atoms with E-state index in [0.29, 0.717) is 11.7 Å². The Kier molecular flexibility index (Phi) is 5.73. The van der Waals surface area contributed by atoms with Crippen molar-refractivity contribution in [2.45, 2.75) is 25.6 Å². The van der Waals surface area contributed by atoms with E-state index < -0.39 is 0 Å². The fraction of sp³-hybridized carbons (Fsp3) is 0.250. The number of carbonyl (C=O) groups excluding carboxylic acids is 1. The van der Waals surface area contributed by atoms with E-state index in [1.165, 1.54) is 11.8 Å². The van der Waals surface area contributed by atoms with Crippen LogP contribution in [0.1, 0.15) is 23.6 Å². The largest absolute Gasteiger partial charge is 0.496 e. The Bertz CT molecular complexity index is 864. The number of nitrogens with zero attached hydrogens (tertiary/aromatic N) is 3. The number of hydrogen-bond donors (Lipinski definition) is 0. The summed E-state index contributed by atoms with van der Waals surface area (Å²) < 4.78 is 5.31. The van der Waals surface area contributed by atoms with Crippen LogP contribution in [0.15, 0.2) is 58.7 Å². The molecule has 1 atom stereocenters. The number of para-hydroxylation sites is 1. The van der Waals surface area contributed by atoms with Gasteiger partial charge >= 0.3 is 0 Å². The first-order chi connectivity index (χ1) is 12.6. The number of amides is 1. The van der Waals surface area contributed by atoms with Crippen LogP contribution in [0, 0.1) is 6.92 Å². The minimum Gasteiger partial charge on any atom is -0.496 e. The van der Waals surface area contributed by atoms with Crippen molar-refractivity contribution in [2.75, 3.05) is 7.11 Å². The molecule has 3 rings (SSSR count). The van der Waals surface area contributed by atoms with E-state index in [1.807, 2.05) is 62.4 Å². The van der Waals surface area contributed by atoms with E-state index in [1.54, 1.807) is 18.2 Å². The van der Waals surface area contributed by atoms with Crippen LogP contribution in [0.3, 0.4) is 0 Å². The molecule has 1 aliphatic heterocycles. The molecule has 0 unspecified atom stereocenters. The molecule has 1 aliphatic rings. The van der Waals surface area contributed by atoms with Gasteiger partial charge in [-0.3, -0.25) is 9.69 Å². The molecular formula is C20H21N3O2S. The lowest BCUT2D eigenvalue weighted by Crippen LogP contribution is -2.31. The lowest BCUT2D eigenvalue weighted by Gasteiger charge is -2.16. The Morgan fingerprint density at radius 3 is 2.69 bits per heavy atom. The van der Waals surface area contributed by atoms with Crippen molar-refractivity contribution in [1.29, 1.82) is 0 Å². The normalized spacial score (nSPS) is 18.9. The molecule has 1 fully saturated rings. The number of thioether (sulfide) groups is 1. The van der Waals surface area contributed by atoms with Crippen LogP contribution in [0.4, 0.5) is 0 Å².